The molecule has 0 rings (SSSR count). The second-order valence-corrected chi connectivity index (χ2v) is 1.89. The molecule has 0 aromatic rings. The van der Waals surface area contributed by atoms with Crippen LogP contribution >= 0.6 is 0 Å². The van der Waals surface area contributed by atoms with E-state index < -0.39 is 0 Å². The Morgan fingerprint density at radius 2 is 2.25 bits per heavy atom. The van der Waals surface area contributed by atoms with Crippen LogP contribution < -0.4 is 0 Å². The van der Waals surface area contributed by atoms with Gasteiger partial charge in [-0.2, -0.15) is 0 Å². The maximum atomic E-state index is 4.83. The molecule has 0 unspecified atom stereocenters. The lowest BCUT2D eigenvalue weighted by molar-refractivity contribution is 0.220. The van der Waals surface area contributed by atoms with Crippen molar-refractivity contribution >= 4 is 0 Å². The fourth-order valence-corrected chi connectivity index (χ4v) is 0.550. The Morgan fingerprint density at radius 1 is 1.50 bits per heavy atom. The molecule has 0 spiro atoms. The predicted molar refractivity (Wildman–Crippen MR) is 35.7 cm³/mol. The van der Waals surface area contributed by atoms with E-state index in [1.54, 1.807) is 7.11 Å². The van der Waals surface area contributed by atoms with Crippen molar-refractivity contribution < 1.29 is 4.74 Å². The monoisotopic (exact) mass is 115 g/mol. The summed E-state index contributed by atoms with van der Waals surface area (Å²) < 4.78 is 4.83. The quantitative estimate of drug-likeness (QED) is 0.498. The van der Waals surface area contributed by atoms with Gasteiger partial charge in [-0.15, -0.1) is 0 Å². The van der Waals surface area contributed by atoms with Gasteiger partial charge in [0, 0.05) is 13.7 Å². The highest BCUT2D eigenvalue weighted by atomic mass is 16.5. The van der Waals surface area contributed by atoms with Crippen LogP contribution in [-0.2, 0) is 4.74 Å². The largest absolute Gasteiger partial charge is 0.384 e. The molecule has 0 N–H and O–H groups in total. The third-order valence-electron chi connectivity index (χ3n) is 1.05. The van der Waals surface area contributed by atoms with Gasteiger partial charge >= 0.3 is 0 Å². The van der Waals surface area contributed by atoms with Crippen molar-refractivity contribution in [2.24, 2.45) is 0 Å². The molecule has 0 saturated carbocycles. The van der Waals surface area contributed by atoms with Gasteiger partial charge in [-0.1, -0.05) is 19.8 Å². The molecular formula is C7H15O. The lowest BCUT2D eigenvalue weighted by Gasteiger charge is -1.94. The minimum atomic E-state index is 0.806. The average molecular weight is 115 g/mol. The molecular weight excluding hydrogens is 100 g/mol. The van der Waals surface area contributed by atoms with Crippen molar-refractivity contribution in [3.05, 3.63) is 6.42 Å². The molecule has 8 heavy (non-hydrogen) atoms. The molecule has 0 saturated heterocycles. The van der Waals surface area contributed by atoms with Gasteiger partial charge in [0.05, 0.1) is 0 Å². The maximum Gasteiger partial charge on any atom is 0.0493 e. The number of methoxy groups -OCH3 is 1. The zero-order valence-corrected chi connectivity index (χ0v) is 5.81. The summed E-state index contributed by atoms with van der Waals surface area (Å²) in [5.74, 6) is 0. The number of hydrogen-bond acceptors (Lipinski definition) is 1. The standard InChI is InChI=1S/C7H15O/c1-3-4-5-6-7-8-2/h6H,3-5,7H2,1-2H3. The van der Waals surface area contributed by atoms with Gasteiger partial charge in [-0.05, 0) is 12.8 Å². The first-order valence-corrected chi connectivity index (χ1v) is 3.22. The van der Waals surface area contributed by atoms with Crippen LogP contribution in [0, 0.1) is 6.42 Å². The van der Waals surface area contributed by atoms with Gasteiger partial charge in [-0.25, -0.2) is 0 Å². The Labute approximate surface area is 52.0 Å². The van der Waals surface area contributed by atoms with Gasteiger partial charge in [0.2, 0.25) is 0 Å². The van der Waals surface area contributed by atoms with Crippen molar-refractivity contribution in [2.45, 2.75) is 26.2 Å². The van der Waals surface area contributed by atoms with E-state index in [9.17, 15) is 0 Å². The summed E-state index contributed by atoms with van der Waals surface area (Å²) in [5, 5.41) is 0. The zero-order chi connectivity index (χ0) is 6.24. The molecule has 49 valence electrons. The summed E-state index contributed by atoms with van der Waals surface area (Å²) in [7, 11) is 1.72. The van der Waals surface area contributed by atoms with E-state index >= 15 is 0 Å². The third-order valence-corrected chi connectivity index (χ3v) is 1.05. The summed E-state index contributed by atoms with van der Waals surface area (Å²) in [6.07, 6.45) is 5.94. The Balaban J connectivity index is 2.53. The van der Waals surface area contributed by atoms with E-state index in [4.69, 9.17) is 4.74 Å². The van der Waals surface area contributed by atoms with Gasteiger partial charge in [0.1, 0.15) is 0 Å². The minimum absolute atomic E-state index is 0.806. The minimum Gasteiger partial charge on any atom is -0.384 e. The molecule has 0 aliphatic heterocycles. The normalized spacial score (nSPS) is 9.75. The Bertz CT molecular complexity index is 29.4. The van der Waals surface area contributed by atoms with E-state index in [2.05, 4.69) is 13.3 Å². The fraction of sp³-hybridized carbons (Fsp3) is 0.857. The van der Waals surface area contributed by atoms with Crippen LogP contribution in [0.25, 0.3) is 0 Å². The van der Waals surface area contributed by atoms with Gasteiger partial charge in [0.25, 0.3) is 0 Å². The average Bonchev–Trinajstić information content (AvgIpc) is 1.81. The van der Waals surface area contributed by atoms with Crippen LogP contribution in [0.15, 0.2) is 0 Å². The van der Waals surface area contributed by atoms with Crippen LogP contribution in [-0.4, -0.2) is 13.7 Å². The molecule has 1 radical (unpaired) electrons. The molecule has 0 aliphatic rings. The van der Waals surface area contributed by atoms with Crippen LogP contribution in [0.4, 0.5) is 0 Å². The van der Waals surface area contributed by atoms with Crippen molar-refractivity contribution in [1.82, 2.24) is 0 Å². The summed E-state index contributed by atoms with van der Waals surface area (Å²) in [5.41, 5.74) is 0. The molecule has 0 aromatic carbocycles. The van der Waals surface area contributed by atoms with E-state index in [0.717, 1.165) is 6.61 Å². The number of ether oxygens (including phenoxy) is 1. The first-order valence-electron chi connectivity index (χ1n) is 3.22. The van der Waals surface area contributed by atoms with Gasteiger partial charge in [0.15, 0.2) is 0 Å². The molecule has 0 heterocycles. The molecule has 0 amide bonds. The smallest absolute Gasteiger partial charge is 0.0493 e. The highest BCUT2D eigenvalue weighted by Gasteiger charge is 1.83. The summed E-state index contributed by atoms with van der Waals surface area (Å²) in [6, 6.07) is 0. The van der Waals surface area contributed by atoms with E-state index in [1.165, 1.54) is 19.3 Å². The fourth-order valence-electron chi connectivity index (χ4n) is 0.550. The van der Waals surface area contributed by atoms with Crippen LogP contribution in [0.5, 0.6) is 0 Å². The molecule has 1 heteroatoms. The van der Waals surface area contributed by atoms with Gasteiger partial charge < -0.3 is 4.74 Å². The second-order valence-electron chi connectivity index (χ2n) is 1.89. The predicted octanol–water partition coefficient (Wildman–Crippen LogP) is 2.03. The number of unbranched alkanes of at least 4 members (excludes halogenated alkanes) is 3. The molecule has 0 fully saturated rings. The van der Waals surface area contributed by atoms with Crippen LogP contribution in [0.3, 0.4) is 0 Å². The van der Waals surface area contributed by atoms with Gasteiger partial charge in [-0.3, -0.25) is 0 Å². The Morgan fingerprint density at radius 3 is 2.75 bits per heavy atom. The van der Waals surface area contributed by atoms with Crippen molar-refractivity contribution in [1.29, 1.82) is 0 Å². The van der Waals surface area contributed by atoms with E-state index in [1.807, 2.05) is 0 Å². The first-order chi connectivity index (χ1) is 3.91. The zero-order valence-electron chi connectivity index (χ0n) is 5.81. The van der Waals surface area contributed by atoms with Crippen molar-refractivity contribution in [3.63, 3.8) is 0 Å². The molecule has 0 aromatic heterocycles. The SMILES string of the molecule is CCCC[CH]COC. The summed E-state index contributed by atoms with van der Waals surface area (Å²) in [6.45, 7) is 3.00. The summed E-state index contributed by atoms with van der Waals surface area (Å²) >= 11 is 0. The molecule has 0 aliphatic carbocycles. The topological polar surface area (TPSA) is 9.23 Å². The second kappa shape index (κ2) is 6.96. The van der Waals surface area contributed by atoms with E-state index in [0.29, 0.717) is 0 Å². The Hall–Kier alpha value is -0.0400. The summed E-state index contributed by atoms with van der Waals surface area (Å²) in [4.78, 5) is 0. The maximum absolute atomic E-state index is 4.83. The Kier molecular flexibility index (Phi) is 6.93. The third kappa shape index (κ3) is 5.96. The highest BCUT2D eigenvalue weighted by molar-refractivity contribution is 4.61. The molecule has 0 atom stereocenters. The molecule has 0 bridgehead atoms. The lowest BCUT2D eigenvalue weighted by Crippen LogP contribution is -1.88. The van der Waals surface area contributed by atoms with Crippen molar-refractivity contribution in [2.75, 3.05) is 13.7 Å². The number of hydrogen-bond donors (Lipinski definition) is 0. The molecule has 1 nitrogen and oxygen atoms in total. The van der Waals surface area contributed by atoms with E-state index in [-0.39, 0.29) is 0 Å². The lowest BCUT2D eigenvalue weighted by atomic mass is 10.2. The van der Waals surface area contributed by atoms with Crippen LogP contribution in [0.1, 0.15) is 26.2 Å². The van der Waals surface area contributed by atoms with Crippen LogP contribution in [0.2, 0.25) is 0 Å². The highest BCUT2D eigenvalue weighted by Crippen LogP contribution is 1.96. The number of rotatable bonds is 5. The first kappa shape index (κ1) is 7.96. The van der Waals surface area contributed by atoms with Crippen molar-refractivity contribution in [3.8, 4) is 0 Å².